The number of hydrogen-bond acceptors (Lipinski definition) is 5. The first-order chi connectivity index (χ1) is 12.1. The van der Waals surface area contributed by atoms with E-state index in [0.29, 0.717) is 6.42 Å². The molecule has 0 saturated heterocycles. The number of hydrogen-bond donors (Lipinski definition) is 1. The monoisotopic (exact) mass is 374 g/mol. The zero-order chi connectivity index (χ0) is 17.6. The molecule has 0 aliphatic heterocycles. The second-order valence-corrected chi connectivity index (χ2v) is 7.99. The van der Waals surface area contributed by atoms with Crippen LogP contribution in [0.15, 0.2) is 35.2 Å². The SMILES string of the molecule is Cc1cc(C)n(CCCC(=O)N[C@H](Cc2cccs2)c2nccs2)n1. The molecule has 1 amide bonds. The number of thiophene rings is 1. The lowest BCUT2D eigenvalue weighted by Gasteiger charge is -2.16. The lowest BCUT2D eigenvalue weighted by atomic mass is 10.1. The summed E-state index contributed by atoms with van der Waals surface area (Å²) in [5, 5.41) is 12.6. The summed E-state index contributed by atoms with van der Waals surface area (Å²) >= 11 is 3.29. The molecule has 3 aromatic heterocycles. The summed E-state index contributed by atoms with van der Waals surface area (Å²) in [6, 6.07) is 6.13. The van der Waals surface area contributed by atoms with Crippen molar-refractivity contribution in [3.63, 3.8) is 0 Å². The fourth-order valence-corrected chi connectivity index (χ4v) is 4.24. The highest BCUT2D eigenvalue weighted by molar-refractivity contribution is 7.10. The van der Waals surface area contributed by atoms with Crippen molar-refractivity contribution in [1.29, 1.82) is 0 Å². The molecule has 132 valence electrons. The molecule has 0 bridgehead atoms. The van der Waals surface area contributed by atoms with Crippen LogP contribution in [0, 0.1) is 13.8 Å². The van der Waals surface area contributed by atoms with Crippen molar-refractivity contribution in [1.82, 2.24) is 20.1 Å². The average Bonchev–Trinajstić information content (AvgIpc) is 3.30. The summed E-state index contributed by atoms with van der Waals surface area (Å²) in [6.45, 7) is 4.79. The van der Waals surface area contributed by atoms with Crippen LogP contribution in [0.1, 0.15) is 40.2 Å². The van der Waals surface area contributed by atoms with Gasteiger partial charge >= 0.3 is 0 Å². The molecule has 5 nitrogen and oxygen atoms in total. The summed E-state index contributed by atoms with van der Waals surface area (Å²) in [4.78, 5) is 18.0. The number of carbonyl (C=O) groups excluding carboxylic acids is 1. The van der Waals surface area contributed by atoms with Gasteiger partial charge in [-0.2, -0.15) is 5.10 Å². The molecule has 0 spiro atoms. The van der Waals surface area contributed by atoms with Gasteiger partial charge in [-0.05, 0) is 37.8 Å². The second kappa shape index (κ2) is 8.40. The molecule has 7 heteroatoms. The summed E-state index contributed by atoms with van der Waals surface area (Å²) < 4.78 is 1.96. The van der Waals surface area contributed by atoms with E-state index in [9.17, 15) is 4.79 Å². The quantitative estimate of drug-likeness (QED) is 0.650. The number of thiazole rings is 1. The summed E-state index contributed by atoms with van der Waals surface area (Å²) in [6.07, 6.45) is 3.84. The number of rotatable bonds is 8. The van der Waals surface area contributed by atoms with Crippen molar-refractivity contribution in [2.24, 2.45) is 0 Å². The average molecular weight is 375 g/mol. The zero-order valence-electron chi connectivity index (χ0n) is 14.4. The molecule has 0 aliphatic rings. The number of amides is 1. The Morgan fingerprint density at radius 2 is 2.20 bits per heavy atom. The fraction of sp³-hybridized carbons (Fsp3) is 0.389. The van der Waals surface area contributed by atoms with Gasteiger partial charge in [-0.15, -0.1) is 22.7 Å². The van der Waals surface area contributed by atoms with Gasteiger partial charge in [0, 0.05) is 41.5 Å². The fourth-order valence-electron chi connectivity index (χ4n) is 2.79. The molecule has 25 heavy (non-hydrogen) atoms. The smallest absolute Gasteiger partial charge is 0.220 e. The molecule has 1 N–H and O–H groups in total. The normalized spacial score (nSPS) is 12.2. The molecule has 0 unspecified atom stereocenters. The standard InChI is InChI=1S/C18H22N4OS2/c1-13-11-14(2)22(21-13)8-3-6-17(23)20-16(18-19-7-10-25-18)12-15-5-4-9-24-15/h4-5,7,9-11,16H,3,6,8,12H2,1-2H3,(H,20,23)/t16-/m1/s1. The molecule has 3 aromatic rings. The third kappa shape index (κ3) is 4.99. The van der Waals surface area contributed by atoms with Gasteiger partial charge in [0.1, 0.15) is 5.01 Å². The van der Waals surface area contributed by atoms with Crippen molar-refractivity contribution in [2.45, 2.75) is 45.7 Å². The Balaban J connectivity index is 1.54. The van der Waals surface area contributed by atoms with E-state index >= 15 is 0 Å². The molecule has 0 aromatic carbocycles. The van der Waals surface area contributed by atoms with Crippen LogP contribution in [0.25, 0.3) is 0 Å². The van der Waals surface area contributed by atoms with Crippen molar-refractivity contribution >= 4 is 28.6 Å². The molecule has 0 aliphatic carbocycles. The van der Waals surface area contributed by atoms with Crippen LogP contribution in [0.2, 0.25) is 0 Å². The minimum atomic E-state index is -0.0557. The second-order valence-electron chi connectivity index (χ2n) is 6.03. The van der Waals surface area contributed by atoms with Crippen LogP contribution in [-0.4, -0.2) is 20.7 Å². The van der Waals surface area contributed by atoms with E-state index in [1.165, 1.54) is 4.88 Å². The highest BCUT2D eigenvalue weighted by Crippen LogP contribution is 2.23. The van der Waals surface area contributed by atoms with Crippen LogP contribution in [0.4, 0.5) is 0 Å². The van der Waals surface area contributed by atoms with Gasteiger partial charge in [-0.1, -0.05) is 6.07 Å². The van der Waals surface area contributed by atoms with E-state index in [2.05, 4.69) is 32.9 Å². The lowest BCUT2D eigenvalue weighted by molar-refractivity contribution is -0.122. The Hall–Kier alpha value is -1.99. The van der Waals surface area contributed by atoms with E-state index in [1.54, 1.807) is 28.9 Å². The van der Waals surface area contributed by atoms with E-state index in [0.717, 1.165) is 35.8 Å². The topological polar surface area (TPSA) is 59.8 Å². The highest BCUT2D eigenvalue weighted by atomic mass is 32.1. The Bertz CT molecular complexity index is 793. The first-order valence-electron chi connectivity index (χ1n) is 8.34. The molecule has 0 radical (unpaired) electrons. The Morgan fingerprint density at radius 1 is 1.32 bits per heavy atom. The predicted molar refractivity (Wildman–Crippen MR) is 102 cm³/mol. The highest BCUT2D eigenvalue weighted by Gasteiger charge is 2.18. The van der Waals surface area contributed by atoms with E-state index in [4.69, 9.17) is 0 Å². The molecule has 3 rings (SSSR count). The maximum atomic E-state index is 12.4. The molecule has 3 heterocycles. The van der Waals surface area contributed by atoms with Gasteiger partial charge in [-0.3, -0.25) is 9.48 Å². The van der Waals surface area contributed by atoms with Crippen LogP contribution in [0.5, 0.6) is 0 Å². The maximum Gasteiger partial charge on any atom is 0.220 e. The van der Waals surface area contributed by atoms with E-state index in [-0.39, 0.29) is 11.9 Å². The number of aromatic nitrogens is 3. The molecular weight excluding hydrogens is 352 g/mol. The minimum absolute atomic E-state index is 0.0557. The van der Waals surface area contributed by atoms with Gasteiger partial charge < -0.3 is 5.32 Å². The number of aryl methyl sites for hydroxylation is 3. The third-order valence-corrected chi connectivity index (χ3v) is 5.74. The largest absolute Gasteiger partial charge is 0.346 e. The predicted octanol–water partition coefficient (Wildman–Crippen LogP) is 3.90. The Kier molecular flexibility index (Phi) is 5.99. The zero-order valence-corrected chi connectivity index (χ0v) is 16.1. The first-order valence-corrected chi connectivity index (χ1v) is 10.1. The van der Waals surface area contributed by atoms with E-state index in [1.807, 2.05) is 30.0 Å². The van der Waals surface area contributed by atoms with Gasteiger partial charge in [0.2, 0.25) is 5.91 Å². The summed E-state index contributed by atoms with van der Waals surface area (Å²) in [5.74, 6) is 0.0679. The minimum Gasteiger partial charge on any atom is -0.346 e. The van der Waals surface area contributed by atoms with Gasteiger partial charge in [0.15, 0.2) is 0 Å². The Morgan fingerprint density at radius 3 is 2.84 bits per heavy atom. The van der Waals surface area contributed by atoms with Crippen molar-refractivity contribution < 1.29 is 4.79 Å². The Labute approximate surface area is 155 Å². The van der Waals surface area contributed by atoms with Crippen LogP contribution in [0.3, 0.4) is 0 Å². The third-order valence-electron chi connectivity index (χ3n) is 3.95. The van der Waals surface area contributed by atoms with Gasteiger partial charge in [0.05, 0.1) is 11.7 Å². The van der Waals surface area contributed by atoms with Crippen molar-refractivity contribution in [2.75, 3.05) is 0 Å². The molecule has 0 saturated carbocycles. The van der Waals surface area contributed by atoms with Crippen LogP contribution >= 0.6 is 22.7 Å². The van der Waals surface area contributed by atoms with Crippen molar-refractivity contribution in [3.05, 3.63) is 56.4 Å². The first kappa shape index (κ1) is 17.8. The van der Waals surface area contributed by atoms with Gasteiger partial charge in [-0.25, -0.2) is 4.98 Å². The van der Waals surface area contributed by atoms with Crippen LogP contribution in [-0.2, 0) is 17.8 Å². The summed E-state index contributed by atoms with van der Waals surface area (Å²) in [5.41, 5.74) is 2.15. The van der Waals surface area contributed by atoms with Gasteiger partial charge in [0.25, 0.3) is 0 Å². The molecule has 1 atom stereocenters. The lowest BCUT2D eigenvalue weighted by Crippen LogP contribution is -2.29. The molecule has 0 fully saturated rings. The number of nitrogens with one attached hydrogen (secondary N) is 1. The molecular formula is C18H22N4OS2. The maximum absolute atomic E-state index is 12.4. The van der Waals surface area contributed by atoms with E-state index < -0.39 is 0 Å². The number of nitrogens with zero attached hydrogens (tertiary/aromatic N) is 3. The van der Waals surface area contributed by atoms with Crippen LogP contribution < -0.4 is 5.32 Å². The summed E-state index contributed by atoms with van der Waals surface area (Å²) in [7, 11) is 0. The number of carbonyl (C=O) groups is 1. The van der Waals surface area contributed by atoms with Crippen molar-refractivity contribution in [3.8, 4) is 0 Å².